The van der Waals surface area contributed by atoms with Crippen molar-refractivity contribution < 1.29 is 23.0 Å². The predicted octanol–water partition coefficient (Wildman–Crippen LogP) is 3.35. The van der Waals surface area contributed by atoms with Crippen LogP contribution >= 0.6 is 0 Å². The van der Waals surface area contributed by atoms with Crippen LogP contribution < -0.4 is 20.1 Å². The molecule has 0 unspecified atom stereocenters. The van der Waals surface area contributed by atoms with Crippen LogP contribution in [0, 0.1) is 13.8 Å². The quantitative estimate of drug-likeness (QED) is 0.873. The molecule has 0 saturated heterocycles. The van der Waals surface area contributed by atoms with E-state index in [0.29, 0.717) is 22.8 Å². The molecule has 2 aromatic rings. The highest BCUT2D eigenvalue weighted by atomic mass is 19.3. The van der Waals surface area contributed by atoms with E-state index in [1.54, 1.807) is 19.9 Å². The zero-order valence-corrected chi connectivity index (χ0v) is 13.3. The topological polar surface area (TPSA) is 85.4 Å². The zero-order valence-electron chi connectivity index (χ0n) is 13.3. The Bertz CT molecular complexity index is 717. The number of nitrogens with zero attached hydrogens (tertiary/aromatic N) is 2. The minimum Gasteiger partial charge on any atom is -0.467 e. The van der Waals surface area contributed by atoms with Gasteiger partial charge in [0.15, 0.2) is 0 Å². The van der Waals surface area contributed by atoms with Crippen LogP contribution in [-0.2, 0) is 0 Å². The van der Waals surface area contributed by atoms with E-state index in [1.807, 2.05) is 0 Å². The highest BCUT2D eigenvalue weighted by Gasteiger charge is 2.12. The molecule has 24 heavy (non-hydrogen) atoms. The van der Waals surface area contributed by atoms with E-state index in [9.17, 15) is 13.6 Å². The van der Waals surface area contributed by atoms with E-state index >= 15 is 0 Å². The average Bonchev–Trinajstić information content (AvgIpc) is 2.50. The summed E-state index contributed by atoms with van der Waals surface area (Å²) in [7, 11) is 1.45. The van der Waals surface area contributed by atoms with Crippen LogP contribution in [0.5, 0.6) is 11.8 Å². The molecule has 0 radical (unpaired) electrons. The number of anilines is 2. The van der Waals surface area contributed by atoms with Crippen molar-refractivity contribution in [2.24, 2.45) is 0 Å². The molecule has 9 heteroatoms. The summed E-state index contributed by atoms with van der Waals surface area (Å²) >= 11 is 0. The summed E-state index contributed by atoms with van der Waals surface area (Å²) in [4.78, 5) is 20.2. The van der Waals surface area contributed by atoms with Gasteiger partial charge in [-0.25, -0.2) is 4.79 Å². The first-order valence-corrected chi connectivity index (χ1v) is 6.91. The van der Waals surface area contributed by atoms with Gasteiger partial charge in [0.25, 0.3) is 0 Å². The number of nitrogens with one attached hydrogen (secondary N) is 2. The van der Waals surface area contributed by atoms with Gasteiger partial charge in [-0.05, 0) is 26.0 Å². The fourth-order valence-electron chi connectivity index (χ4n) is 1.98. The van der Waals surface area contributed by atoms with Gasteiger partial charge in [0, 0.05) is 11.8 Å². The number of hydrogen-bond acceptors (Lipinski definition) is 5. The van der Waals surface area contributed by atoms with Crippen molar-refractivity contribution >= 4 is 17.4 Å². The number of methoxy groups -OCH3 is 1. The van der Waals surface area contributed by atoms with Crippen LogP contribution in [-0.4, -0.2) is 29.7 Å². The number of amides is 2. The van der Waals surface area contributed by atoms with Crippen molar-refractivity contribution in [2.45, 2.75) is 20.5 Å². The molecule has 2 N–H and O–H groups in total. The van der Waals surface area contributed by atoms with Gasteiger partial charge in [0.1, 0.15) is 5.75 Å². The van der Waals surface area contributed by atoms with Gasteiger partial charge in [-0.2, -0.15) is 18.7 Å². The second-order valence-electron chi connectivity index (χ2n) is 4.74. The Balaban J connectivity index is 2.09. The number of halogens is 2. The molecule has 2 rings (SSSR count). The Hall–Kier alpha value is -2.97. The second-order valence-corrected chi connectivity index (χ2v) is 4.74. The summed E-state index contributed by atoms with van der Waals surface area (Å²) in [6.07, 6.45) is 0. The highest BCUT2D eigenvalue weighted by Crippen LogP contribution is 2.21. The van der Waals surface area contributed by atoms with E-state index in [-0.39, 0.29) is 11.8 Å². The van der Waals surface area contributed by atoms with Crippen molar-refractivity contribution in [3.8, 4) is 11.8 Å². The number of urea groups is 1. The Morgan fingerprint density at radius 2 is 1.83 bits per heavy atom. The number of aromatic nitrogens is 2. The minimum atomic E-state index is -2.93. The summed E-state index contributed by atoms with van der Waals surface area (Å²) < 4.78 is 33.6. The monoisotopic (exact) mass is 338 g/mol. The normalized spacial score (nSPS) is 10.4. The van der Waals surface area contributed by atoms with Crippen molar-refractivity contribution in [1.29, 1.82) is 0 Å². The summed E-state index contributed by atoms with van der Waals surface area (Å²) in [5.41, 5.74) is 1.80. The van der Waals surface area contributed by atoms with Crippen LogP contribution in [0.4, 0.5) is 25.0 Å². The fourth-order valence-corrected chi connectivity index (χ4v) is 1.98. The maximum atomic E-state index is 12.2. The Labute approximate surface area is 137 Å². The fraction of sp³-hybridized carbons (Fsp3) is 0.267. The third-order valence-electron chi connectivity index (χ3n) is 2.99. The van der Waals surface area contributed by atoms with Gasteiger partial charge in [-0.15, -0.1) is 0 Å². The molecule has 0 spiro atoms. The molecule has 0 atom stereocenters. The van der Waals surface area contributed by atoms with Crippen molar-refractivity contribution in [1.82, 2.24) is 9.97 Å². The second kappa shape index (κ2) is 7.53. The number of benzene rings is 1. The smallest absolute Gasteiger partial charge is 0.387 e. The van der Waals surface area contributed by atoms with Crippen LogP contribution in [0.2, 0.25) is 0 Å². The van der Waals surface area contributed by atoms with Crippen molar-refractivity contribution in [3.05, 3.63) is 35.7 Å². The van der Waals surface area contributed by atoms with Crippen LogP contribution in [0.1, 0.15) is 11.4 Å². The number of alkyl halides is 2. The third-order valence-corrected chi connectivity index (χ3v) is 2.99. The Kier molecular flexibility index (Phi) is 5.46. The average molecular weight is 338 g/mol. The van der Waals surface area contributed by atoms with Gasteiger partial charge in [-0.3, -0.25) is 0 Å². The maximum Gasteiger partial charge on any atom is 0.387 e. The number of ether oxygens (including phenoxy) is 2. The molecule has 128 valence electrons. The van der Waals surface area contributed by atoms with E-state index in [0.717, 1.165) is 0 Å². The van der Waals surface area contributed by atoms with E-state index < -0.39 is 12.6 Å². The minimum absolute atomic E-state index is 0.0528. The van der Waals surface area contributed by atoms with Gasteiger partial charge in [0.05, 0.1) is 24.2 Å². The van der Waals surface area contributed by atoms with Crippen molar-refractivity contribution in [2.75, 3.05) is 17.7 Å². The summed E-state index contributed by atoms with van der Waals surface area (Å²) in [5, 5.41) is 5.14. The van der Waals surface area contributed by atoms with E-state index in [1.165, 1.54) is 25.3 Å². The molecule has 1 aromatic heterocycles. The first-order chi connectivity index (χ1) is 11.4. The molecule has 2 amide bonds. The van der Waals surface area contributed by atoms with Gasteiger partial charge in [-0.1, -0.05) is 6.07 Å². The lowest BCUT2D eigenvalue weighted by atomic mass is 10.3. The van der Waals surface area contributed by atoms with Crippen molar-refractivity contribution in [3.63, 3.8) is 0 Å². The number of carbonyl (C=O) groups excluding carboxylic acids is 1. The standard InChI is InChI=1S/C15H16F2N4O3/c1-8-12(9(2)19-15(18-8)23-3)21-14(22)20-10-5-4-6-11(7-10)24-13(16)17/h4-7,13H,1-3H3,(H2,20,21,22). The zero-order chi connectivity index (χ0) is 17.7. The highest BCUT2D eigenvalue weighted by molar-refractivity contribution is 6.00. The van der Waals surface area contributed by atoms with Gasteiger partial charge >= 0.3 is 18.7 Å². The molecule has 1 heterocycles. The van der Waals surface area contributed by atoms with E-state index in [2.05, 4.69) is 25.3 Å². The molecule has 1 aromatic carbocycles. The van der Waals surface area contributed by atoms with Crippen LogP contribution in [0.25, 0.3) is 0 Å². The summed E-state index contributed by atoms with van der Waals surface area (Å²) in [6, 6.07) is 5.32. The number of aryl methyl sites for hydroxylation is 2. The molecule has 7 nitrogen and oxygen atoms in total. The Morgan fingerprint density at radius 1 is 1.17 bits per heavy atom. The number of carbonyl (C=O) groups is 1. The molecule has 0 aliphatic carbocycles. The summed E-state index contributed by atoms with van der Waals surface area (Å²) in [6.45, 7) is 0.462. The lowest BCUT2D eigenvalue weighted by molar-refractivity contribution is -0.0497. The molecule has 0 fully saturated rings. The SMILES string of the molecule is COc1nc(C)c(NC(=O)Nc2cccc(OC(F)F)c2)c(C)n1. The predicted molar refractivity (Wildman–Crippen MR) is 83.8 cm³/mol. The first-order valence-electron chi connectivity index (χ1n) is 6.91. The van der Waals surface area contributed by atoms with E-state index in [4.69, 9.17) is 4.74 Å². The largest absolute Gasteiger partial charge is 0.467 e. The third kappa shape index (κ3) is 4.51. The molecule has 0 bridgehead atoms. The molecule has 0 aliphatic heterocycles. The maximum absolute atomic E-state index is 12.2. The molecular weight excluding hydrogens is 322 g/mol. The van der Waals surface area contributed by atoms with Crippen LogP contribution in [0.3, 0.4) is 0 Å². The first kappa shape index (κ1) is 17.4. The lowest BCUT2D eigenvalue weighted by Gasteiger charge is -2.13. The van der Waals surface area contributed by atoms with Gasteiger partial charge in [0.2, 0.25) is 0 Å². The molecule has 0 aliphatic rings. The Morgan fingerprint density at radius 3 is 2.42 bits per heavy atom. The molecular formula is C15H16F2N4O3. The van der Waals surface area contributed by atoms with Crippen LogP contribution in [0.15, 0.2) is 24.3 Å². The summed E-state index contributed by atoms with van der Waals surface area (Å²) in [5.74, 6) is -0.0528. The number of rotatable bonds is 5. The lowest BCUT2D eigenvalue weighted by Crippen LogP contribution is -2.21. The molecule has 0 saturated carbocycles. The number of hydrogen-bond donors (Lipinski definition) is 2. The van der Waals surface area contributed by atoms with Gasteiger partial charge < -0.3 is 20.1 Å².